The average Bonchev–Trinajstić information content (AvgIpc) is 2.68. The highest BCUT2D eigenvalue weighted by Gasteiger charge is 2.11. The van der Waals surface area contributed by atoms with Crippen LogP contribution in [0.4, 0.5) is 5.69 Å². The molecule has 0 aromatic heterocycles. The molecular formula is C22H21NO2. The zero-order chi connectivity index (χ0) is 17.5. The Hall–Kier alpha value is -3.07. The molecule has 0 saturated carbocycles. The van der Waals surface area contributed by atoms with E-state index in [1.54, 1.807) is 7.11 Å². The third kappa shape index (κ3) is 4.48. The van der Waals surface area contributed by atoms with E-state index in [-0.39, 0.29) is 5.91 Å². The number of hydrogen-bond donors (Lipinski definition) is 1. The van der Waals surface area contributed by atoms with Crippen LogP contribution < -0.4 is 10.1 Å². The summed E-state index contributed by atoms with van der Waals surface area (Å²) in [7, 11) is 1.62. The van der Waals surface area contributed by atoms with E-state index in [0.717, 1.165) is 29.8 Å². The Kier molecular flexibility index (Phi) is 5.47. The highest BCUT2D eigenvalue weighted by atomic mass is 16.5. The van der Waals surface area contributed by atoms with E-state index in [1.807, 2.05) is 66.7 Å². The molecule has 0 bridgehead atoms. The van der Waals surface area contributed by atoms with Gasteiger partial charge < -0.3 is 10.1 Å². The maximum Gasteiger partial charge on any atom is 0.255 e. The minimum Gasteiger partial charge on any atom is -0.497 e. The van der Waals surface area contributed by atoms with E-state index in [0.29, 0.717) is 5.56 Å². The zero-order valence-electron chi connectivity index (χ0n) is 14.2. The molecule has 0 aliphatic heterocycles. The lowest BCUT2D eigenvalue weighted by Gasteiger charge is -2.11. The van der Waals surface area contributed by atoms with Crippen molar-refractivity contribution in [2.45, 2.75) is 12.8 Å². The van der Waals surface area contributed by atoms with Crippen molar-refractivity contribution >= 4 is 11.6 Å². The fourth-order valence-electron chi connectivity index (χ4n) is 2.76. The minimum absolute atomic E-state index is 0.0890. The van der Waals surface area contributed by atoms with E-state index >= 15 is 0 Å². The van der Waals surface area contributed by atoms with Gasteiger partial charge in [-0.1, -0.05) is 48.5 Å². The van der Waals surface area contributed by atoms with Crippen LogP contribution in [0.15, 0.2) is 78.9 Å². The van der Waals surface area contributed by atoms with Crippen LogP contribution in [-0.4, -0.2) is 13.0 Å². The van der Waals surface area contributed by atoms with E-state index in [4.69, 9.17) is 4.74 Å². The summed E-state index contributed by atoms with van der Waals surface area (Å²) in [5.41, 5.74) is 3.79. The van der Waals surface area contributed by atoms with Crippen molar-refractivity contribution in [1.82, 2.24) is 0 Å². The molecule has 0 spiro atoms. The molecule has 3 nitrogen and oxygen atoms in total. The number of hydrogen-bond acceptors (Lipinski definition) is 2. The first-order chi connectivity index (χ1) is 12.3. The molecule has 0 radical (unpaired) electrons. The Balaban J connectivity index is 1.71. The lowest BCUT2D eigenvalue weighted by Crippen LogP contribution is -2.14. The standard InChI is InChI=1S/C22H21NO2/c1-25-20-15-13-19(14-16-20)23-22(24)21-10-6-5-9-18(21)12-11-17-7-3-2-4-8-17/h2-10,13-16H,11-12H2,1H3,(H,23,24). The van der Waals surface area contributed by atoms with Crippen molar-refractivity contribution in [2.75, 3.05) is 12.4 Å². The van der Waals surface area contributed by atoms with Gasteiger partial charge >= 0.3 is 0 Å². The molecule has 1 N–H and O–H groups in total. The van der Waals surface area contributed by atoms with Gasteiger partial charge in [-0.25, -0.2) is 0 Å². The van der Waals surface area contributed by atoms with Crippen LogP contribution in [0.1, 0.15) is 21.5 Å². The Bertz CT molecular complexity index is 826. The van der Waals surface area contributed by atoms with E-state index in [2.05, 4.69) is 17.4 Å². The number of benzene rings is 3. The van der Waals surface area contributed by atoms with Gasteiger partial charge in [-0.15, -0.1) is 0 Å². The van der Waals surface area contributed by atoms with Gasteiger partial charge in [0, 0.05) is 11.3 Å². The number of carbonyl (C=O) groups excluding carboxylic acids is 1. The van der Waals surface area contributed by atoms with Gasteiger partial charge in [0.05, 0.1) is 7.11 Å². The fourth-order valence-corrected chi connectivity index (χ4v) is 2.76. The Morgan fingerprint density at radius 2 is 1.52 bits per heavy atom. The van der Waals surface area contributed by atoms with E-state index in [9.17, 15) is 4.79 Å². The molecule has 3 aromatic rings. The van der Waals surface area contributed by atoms with Crippen LogP contribution in [0, 0.1) is 0 Å². The lowest BCUT2D eigenvalue weighted by molar-refractivity contribution is 0.102. The minimum atomic E-state index is -0.0890. The molecule has 126 valence electrons. The van der Waals surface area contributed by atoms with Gasteiger partial charge in [-0.3, -0.25) is 4.79 Å². The van der Waals surface area contributed by atoms with E-state index < -0.39 is 0 Å². The first-order valence-corrected chi connectivity index (χ1v) is 8.33. The number of amides is 1. The molecule has 25 heavy (non-hydrogen) atoms. The third-order valence-electron chi connectivity index (χ3n) is 4.14. The van der Waals surface area contributed by atoms with Crippen LogP contribution >= 0.6 is 0 Å². The molecule has 3 rings (SSSR count). The van der Waals surface area contributed by atoms with Crippen molar-refractivity contribution in [2.24, 2.45) is 0 Å². The summed E-state index contributed by atoms with van der Waals surface area (Å²) in [6.45, 7) is 0. The summed E-state index contributed by atoms with van der Waals surface area (Å²) < 4.78 is 5.14. The highest BCUT2D eigenvalue weighted by Crippen LogP contribution is 2.18. The van der Waals surface area contributed by atoms with Crippen LogP contribution in [0.2, 0.25) is 0 Å². The van der Waals surface area contributed by atoms with Gasteiger partial charge in [0.25, 0.3) is 5.91 Å². The summed E-state index contributed by atoms with van der Waals surface area (Å²) in [6.07, 6.45) is 1.74. The second kappa shape index (κ2) is 8.15. The fraction of sp³-hybridized carbons (Fsp3) is 0.136. The maximum absolute atomic E-state index is 12.7. The number of ether oxygens (including phenoxy) is 1. The summed E-state index contributed by atoms with van der Waals surface area (Å²) in [5.74, 6) is 0.676. The quantitative estimate of drug-likeness (QED) is 0.709. The van der Waals surface area contributed by atoms with Gasteiger partial charge in [0.15, 0.2) is 0 Å². The van der Waals surface area contributed by atoms with Gasteiger partial charge in [0.2, 0.25) is 0 Å². The Morgan fingerprint density at radius 1 is 0.840 bits per heavy atom. The summed E-state index contributed by atoms with van der Waals surface area (Å²) >= 11 is 0. The summed E-state index contributed by atoms with van der Waals surface area (Å²) in [6, 6.07) is 25.4. The number of carbonyl (C=O) groups is 1. The Morgan fingerprint density at radius 3 is 2.24 bits per heavy atom. The van der Waals surface area contributed by atoms with Gasteiger partial charge in [-0.2, -0.15) is 0 Å². The predicted molar refractivity (Wildman–Crippen MR) is 101 cm³/mol. The van der Waals surface area contributed by atoms with Crippen LogP contribution in [-0.2, 0) is 12.8 Å². The number of methoxy groups -OCH3 is 1. The predicted octanol–water partition coefficient (Wildman–Crippen LogP) is 4.73. The molecule has 0 aliphatic carbocycles. The van der Waals surface area contributed by atoms with Crippen molar-refractivity contribution in [3.63, 3.8) is 0 Å². The number of nitrogens with one attached hydrogen (secondary N) is 1. The molecular weight excluding hydrogens is 310 g/mol. The number of rotatable bonds is 6. The largest absolute Gasteiger partial charge is 0.497 e. The van der Waals surface area contributed by atoms with Crippen LogP contribution in [0.5, 0.6) is 5.75 Å². The van der Waals surface area contributed by atoms with E-state index in [1.165, 1.54) is 5.56 Å². The van der Waals surface area contributed by atoms with Crippen molar-refractivity contribution in [3.8, 4) is 5.75 Å². The maximum atomic E-state index is 12.7. The van der Waals surface area contributed by atoms with Gasteiger partial charge in [-0.05, 0) is 54.3 Å². The SMILES string of the molecule is COc1ccc(NC(=O)c2ccccc2CCc2ccccc2)cc1. The molecule has 0 fully saturated rings. The van der Waals surface area contributed by atoms with Crippen LogP contribution in [0.3, 0.4) is 0 Å². The molecule has 0 saturated heterocycles. The molecule has 0 unspecified atom stereocenters. The molecule has 3 aromatic carbocycles. The summed E-state index contributed by atoms with van der Waals surface area (Å²) in [4.78, 5) is 12.7. The van der Waals surface area contributed by atoms with Crippen molar-refractivity contribution in [1.29, 1.82) is 0 Å². The smallest absolute Gasteiger partial charge is 0.255 e. The first kappa shape index (κ1) is 16.8. The first-order valence-electron chi connectivity index (χ1n) is 8.33. The average molecular weight is 331 g/mol. The second-order valence-electron chi connectivity index (χ2n) is 5.83. The number of anilines is 1. The topological polar surface area (TPSA) is 38.3 Å². The second-order valence-corrected chi connectivity index (χ2v) is 5.83. The number of aryl methyl sites for hydroxylation is 2. The molecule has 0 atom stereocenters. The normalized spacial score (nSPS) is 10.3. The van der Waals surface area contributed by atoms with Crippen molar-refractivity contribution in [3.05, 3.63) is 95.6 Å². The monoisotopic (exact) mass is 331 g/mol. The van der Waals surface area contributed by atoms with Crippen molar-refractivity contribution < 1.29 is 9.53 Å². The van der Waals surface area contributed by atoms with Gasteiger partial charge in [0.1, 0.15) is 5.75 Å². The lowest BCUT2D eigenvalue weighted by atomic mass is 9.99. The highest BCUT2D eigenvalue weighted by molar-refractivity contribution is 6.05. The molecule has 0 aliphatic rings. The third-order valence-corrected chi connectivity index (χ3v) is 4.14. The Labute approximate surface area is 148 Å². The zero-order valence-corrected chi connectivity index (χ0v) is 14.2. The molecule has 3 heteroatoms. The molecule has 1 amide bonds. The molecule has 0 heterocycles. The summed E-state index contributed by atoms with van der Waals surface area (Å²) in [5, 5.41) is 2.95. The van der Waals surface area contributed by atoms with Crippen LogP contribution in [0.25, 0.3) is 0 Å².